The minimum atomic E-state index is -0.244. The molecule has 0 aliphatic rings. The van der Waals surface area contributed by atoms with Crippen molar-refractivity contribution in [1.82, 2.24) is 10.6 Å². The Morgan fingerprint density at radius 3 is 2.28 bits per heavy atom. The van der Waals surface area contributed by atoms with Crippen molar-refractivity contribution in [2.24, 2.45) is 0 Å². The number of hydrogen-bond donors (Lipinski definition) is 3. The molecule has 0 spiro atoms. The van der Waals surface area contributed by atoms with Gasteiger partial charge < -0.3 is 20.4 Å². The van der Waals surface area contributed by atoms with Crippen molar-refractivity contribution in [2.75, 3.05) is 5.32 Å². The molecule has 1 aromatic carbocycles. The van der Waals surface area contributed by atoms with Crippen molar-refractivity contribution in [3.8, 4) is 0 Å². The molecule has 0 aliphatic carbocycles. The molecule has 7 heteroatoms. The summed E-state index contributed by atoms with van der Waals surface area (Å²) in [6.45, 7) is 7.73. The minimum absolute atomic E-state index is 0.0730. The SMILES string of the molecule is Cc1oc(C)c(C(=O)NCc2ccc(NC(=O)NC(C)C)cc2)c1Br. The Bertz CT molecular complexity index is 767. The first-order chi connectivity index (χ1) is 11.8. The van der Waals surface area contributed by atoms with Crippen molar-refractivity contribution < 1.29 is 14.0 Å². The fraction of sp³-hybridized carbons (Fsp3) is 0.333. The second-order valence-corrected chi connectivity index (χ2v) is 6.83. The molecule has 0 unspecified atom stereocenters. The van der Waals surface area contributed by atoms with Crippen LogP contribution in [0.5, 0.6) is 0 Å². The molecule has 25 heavy (non-hydrogen) atoms. The number of carbonyl (C=O) groups excluding carboxylic acids is 2. The number of rotatable bonds is 5. The van der Waals surface area contributed by atoms with Gasteiger partial charge in [-0.15, -0.1) is 0 Å². The van der Waals surface area contributed by atoms with Gasteiger partial charge in [0.05, 0.1) is 10.0 Å². The van der Waals surface area contributed by atoms with Gasteiger partial charge >= 0.3 is 6.03 Å². The third kappa shape index (κ3) is 5.09. The molecular formula is C18H22BrN3O3. The zero-order valence-electron chi connectivity index (χ0n) is 14.7. The van der Waals surface area contributed by atoms with E-state index in [-0.39, 0.29) is 18.0 Å². The normalized spacial score (nSPS) is 10.6. The zero-order chi connectivity index (χ0) is 18.6. The molecule has 1 aromatic heterocycles. The third-order valence-electron chi connectivity index (χ3n) is 3.50. The quantitative estimate of drug-likeness (QED) is 0.696. The molecule has 2 aromatic rings. The second-order valence-electron chi connectivity index (χ2n) is 6.04. The van der Waals surface area contributed by atoms with Crippen LogP contribution in [0.1, 0.15) is 41.3 Å². The number of aryl methyl sites for hydroxylation is 2. The Balaban J connectivity index is 1.93. The molecule has 0 saturated heterocycles. The van der Waals surface area contributed by atoms with Gasteiger partial charge in [0.25, 0.3) is 5.91 Å². The highest BCUT2D eigenvalue weighted by atomic mass is 79.9. The molecule has 134 valence electrons. The smallest absolute Gasteiger partial charge is 0.319 e. The van der Waals surface area contributed by atoms with Crippen LogP contribution < -0.4 is 16.0 Å². The van der Waals surface area contributed by atoms with Crippen LogP contribution in [0.3, 0.4) is 0 Å². The van der Waals surface area contributed by atoms with Crippen molar-refractivity contribution in [3.63, 3.8) is 0 Å². The minimum Gasteiger partial charge on any atom is -0.465 e. The Hall–Kier alpha value is -2.28. The van der Waals surface area contributed by atoms with Crippen LogP contribution in [0.4, 0.5) is 10.5 Å². The summed E-state index contributed by atoms with van der Waals surface area (Å²) in [6.07, 6.45) is 0. The van der Waals surface area contributed by atoms with E-state index >= 15 is 0 Å². The molecule has 2 rings (SSSR count). The summed E-state index contributed by atoms with van der Waals surface area (Å²) in [6, 6.07) is 7.13. The zero-order valence-corrected chi connectivity index (χ0v) is 16.3. The average molecular weight is 408 g/mol. The molecule has 3 N–H and O–H groups in total. The number of urea groups is 1. The van der Waals surface area contributed by atoms with Gasteiger partial charge in [-0.2, -0.15) is 0 Å². The van der Waals surface area contributed by atoms with E-state index < -0.39 is 0 Å². The number of nitrogens with one attached hydrogen (secondary N) is 3. The van der Waals surface area contributed by atoms with E-state index in [1.165, 1.54) is 0 Å². The second kappa shape index (κ2) is 8.20. The topological polar surface area (TPSA) is 83.4 Å². The molecule has 3 amide bonds. The van der Waals surface area contributed by atoms with Gasteiger partial charge in [-0.1, -0.05) is 12.1 Å². The molecule has 0 radical (unpaired) electrons. The first-order valence-electron chi connectivity index (χ1n) is 7.98. The van der Waals surface area contributed by atoms with Gasteiger partial charge in [0.15, 0.2) is 0 Å². The van der Waals surface area contributed by atoms with E-state index in [1.54, 1.807) is 26.0 Å². The lowest BCUT2D eigenvalue weighted by Gasteiger charge is -2.11. The Morgan fingerprint density at radius 2 is 1.76 bits per heavy atom. The van der Waals surface area contributed by atoms with Gasteiger partial charge in [-0.05, 0) is 61.3 Å². The van der Waals surface area contributed by atoms with Crippen molar-refractivity contribution >= 4 is 33.6 Å². The molecule has 0 saturated carbocycles. The summed E-state index contributed by atoms with van der Waals surface area (Å²) in [4.78, 5) is 24.0. The summed E-state index contributed by atoms with van der Waals surface area (Å²) >= 11 is 3.38. The summed E-state index contributed by atoms with van der Waals surface area (Å²) in [5.74, 6) is 1.06. The van der Waals surface area contributed by atoms with E-state index in [0.717, 1.165) is 5.56 Å². The van der Waals surface area contributed by atoms with E-state index in [4.69, 9.17) is 4.42 Å². The summed E-state index contributed by atoms with van der Waals surface area (Å²) in [5, 5.41) is 8.38. The van der Waals surface area contributed by atoms with Gasteiger partial charge in [-0.25, -0.2) is 4.79 Å². The maximum atomic E-state index is 12.3. The summed E-state index contributed by atoms with van der Waals surface area (Å²) in [7, 11) is 0. The molecule has 0 atom stereocenters. The van der Waals surface area contributed by atoms with Crippen molar-refractivity contribution in [3.05, 3.63) is 51.4 Å². The third-order valence-corrected chi connectivity index (χ3v) is 4.45. The highest BCUT2D eigenvalue weighted by molar-refractivity contribution is 9.10. The first kappa shape index (κ1) is 19.1. The molecule has 6 nitrogen and oxygen atoms in total. The van der Waals surface area contributed by atoms with Crippen LogP contribution in [0.15, 0.2) is 33.2 Å². The lowest BCUT2D eigenvalue weighted by Crippen LogP contribution is -2.34. The lowest BCUT2D eigenvalue weighted by molar-refractivity contribution is 0.0948. The van der Waals surface area contributed by atoms with Crippen LogP contribution in [-0.2, 0) is 6.54 Å². The fourth-order valence-corrected chi connectivity index (χ4v) is 2.86. The number of anilines is 1. The van der Waals surface area contributed by atoms with E-state index in [2.05, 4.69) is 31.9 Å². The molecule has 0 fully saturated rings. The Labute approximate surface area is 155 Å². The monoisotopic (exact) mass is 407 g/mol. The van der Waals surface area contributed by atoms with Crippen LogP contribution in [0.25, 0.3) is 0 Å². The van der Waals surface area contributed by atoms with Crippen LogP contribution in [0.2, 0.25) is 0 Å². The van der Waals surface area contributed by atoms with Crippen molar-refractivity contribution in [1.29, 1.82) is 0 Å². The number of benzene rings is 1. The highest BCUT2D eigenvalue weighted by Crippen LogP contribution is 2.27. The first-order valence-corrected chi connectivity index (χ1v) is 8.77. The standard InChI is InChI=1S/C18H22BrN3O3/c1-10(2)21-18(24)22-14-7-5-13(6-8-14)9-20-17(23)15-11(3)25-12(4)16(15)19/h5-8,10H,9H2,1-4H3,(H,20,23)(H2,21,22,24). The predicted molar refractivity (Wildman–Crippen MR) is 101 cm³/mol. The largest absolute Gasteiger partial charge is 0.465 e. The summed E-state index contributed by atoms with van der Waals surface area (Å²) < 4.78 is 6.12. The molecular weight excluding hydrogens is 386 g/mol. The fourth-order valence-electron chi connectivity index (χ4n) is 2.32. The number of hydrogen-bond acceptors (Lipinski definition) is 3. The highest BCUT2D eigenvalue weighted by Gasteiger charge is 2.19. The predicted octanol–water partition coefficient (Wildman–Crippen LogP) is 4.12. The van der Waals surface area contributed by atoms with Crippen LogP contribution in [0, 0.1) is 13.8 Å². The van der Waals surface area contributed by atoms with Crippen LogP contribution >= 0.6 is 15.9 Å². The van der Waals surface area contributed by atoms with Crippen molar-refractivity contribution in [2.45, 2.75) is 40.3 Å². The maximum Gasteiger partial charge on any atom is 0.319 e. The van der Waals surface area contributed by atoms with Gasteiger partial charge in [0, 0.05) is 18.3 Å². The lowest BCUT2D eigenvalue weighted by atomic mass is 10.2. The van der Waals surface area contributed by atoms with Gasteiger partial charge in [0.2, 0.25) is 0 Å². The molecule has 0 bridgehead atoms. The van der Waals surface area contributed by atoms with E-state index in [9.17, 15) is 9.59 Å². The summed E-state index contributed by atoms with van der Waals surface area (Å²) in [5.41, 5.74) is 2.13. The number of furan rings is 1. The van der Waals surface area contributed by atoms with Gasteiger partial charge in [0.1, 0.15) is 11.5 Å². The Kier molecular flexibility index (Phi) is 6.25. The van der Waals surface area contributed by atoms with E-state index in [0.29, 0.717) is 33.8 Å². The molecule has 1 heterocycles. The number of carbonyl (C=O) groups is 2. The molecule has 0 aliphatic heterocycles. The van der Waals surface area contributed by atoms with Gasteiger partial charge in [-0.3, -0.25) is 4.79 Å². The number of halogens is 1. The van der Waals surface area contributed by atoms with E-state index in [1.807, 2.05) is 26.0 Å². The van der Waals surface area contributed by atoms with Crippen LogP contribution in [-0.4, -0.2) is 18.0 Å². The number of amides is 3. The average Bonchev–Trinajstić information content (AvgIpc) is 2.78. The Morgan fingerprint density at radius 1 is 1.12 bits per heavy atom. The maximum absolute atomic E-state index is 12.3.